The Bertz CT molecular complexity index is 674. The van der Waals surface area contributed by atoms with Gasteiger partial charge in [-0.05, 0) is 24.6 Å². The summed E-state index contributed by atoms with van der Waals surface area (Å²) in [6.45, 7) is 2.30. The third kappa shape index (κ3) is 1.61. The molecular weight excluding hydrogens is 284 g/mol. The van der Waals surface area contributed by atoms with Gasteiger partial charge >= 0.3 is 0 Å². The fourth-order valence-electron chi connectivity index (χ4n) is 3.95. The predicted molar refractivity (Wildman–Crippen MR) is 73.1 cm³/mol. The highest BCUT2D eigenvalue weighted by atomic mass is 16.5. The standard InChI is InChI=1S/C16H16N2O4/c1-9(10-3-6-17-7-4-10)18-8-16-5-2-11(22-16)12(15(20)21)13(16)14(18)19/h2-7,9,11-13H,8H2,1H3,(H,20,21)/p-1/t9-,11-,12-,13+,16+/m0/s1. The topological polar surface area (TPSA) is 82.6 Å². The summed E-state index contributed by atoms with van der Waals surface area (Å²) >= 11 is 0. The maximum Gasteiger partial charge on any atom is 0.230 e. The van der Waals surface area contributed by atoms with E-state index in [0.29, 0.717) is 6.54 Å². The van der Waals surface area contributed by atoms with E-state index in [4.69, 9.17) is 4.74 Å². The molecule has 0 unspecified atom stereocenters. The Morgan fingerprint density at radius 1 is 1.50 bits per heavy atom. The highest BCUT2D eigenvalue weighted by molar-refractivity contribution is 5.90. The molecule has 0 saturated carbocycles. The molecule has 0 radical (unpaired) electrons. The molecule has 1 spiro atoms. The van der Waals surface area contributed by atoms with E-state index >= 15 is 0 Å². The molecule has 6 nitrogen and oxygen atoms in total. The van der Waals surface area contributed by atoms with E-state index in [-0.39, 0.29) is 11.9 Å². The number of nitrogens with zero attached hydrogens (tertiary/aromatic N) is 2. The van der Waals surface area contributed by atoms with Crippen molar-refractivity contribution in [3.63, 3.8) is 0 Å². The van der Waals surface area contributed by atoms with Crippen molar-refractivity contribution in [3.8, 4) is 0 Å². The van der Waals surface area contributed by atoms with Crippen LogP contribution in [0.1, 0.15) is 18.5 Å². The van der Waals surface area contributed by atoms with E-state index in [0.717, 1.165) is 5.56 Å². The number of fused-ring (bicyclic) bond motifs is 1. The van der Waals surface area contributed by atoms with Crippen LogP contribution in [0.15, 0.2) is 36.7 Å². The minimum absolute atomic E-state index is 0.158. The largest absolute Gasteiger partial charge is 0.550 e. The van der Waals surface area contributed by atoms with Crippen molar-refractivity contribution in [1.82, 2.24) is 9.88 Å². The van der Waals surface area contributed by atoms with Gasteiger partial charge in [0.2, 0.25) is 5.91 Å². The molecule has 5 atom stereocenters. The van der Waals surface area contributed by atoms with Crippen molar-refractivity contribution in [2.24, 2.45) is 11.8 Å². The fraction of sp³-hybridized carbons (Fsp3) is 0.438. The number of carboxylic acid groups (broad SMARTS) is 1. The molecule has 4 rings (SSSR count). The first-order valence-electron chi connectivity index (χ1n) is 7.32. The number of amides is 1. The van der Waals surface area contributed by atoms with Crippen molar-refractivity contribution >= 4 is 11.9 Å². The first-order valence-corrected chi connectivity index (χ1v) is 7.32. The normalized spacial score (nSPS) is 36.7. The maximum atomic E-state index is 12.8. The number of rotatable bonds is 3. The van der Waals surface area contributed by atoms with Gasteiger partial charge in [0.1, 0.15) is 5.60 Å². The minimum Gasteiger partial charge on any atom is -0.550 e. The third-order valence-corrected chi connectivity index (χ3v) is 5.06. The molecule has 0 aromatic carbocycles. The SMILES string of the molecule is C[C@@H](c1ccncc1)N1C[C@@]23C=C[C@H](O2)[C@H](C(=O)[O-])[C@@H]3C1=O. The van der Waals surface area contributed by atoms with Crippen LogP contribution < -0.4 is 5.11 Å². The lowest BCUT2D eigenvalue weighted by atomic mass is 9.77. The number of likely N-dealkylation sites (tertiary alicyclic amines) is 1. The zero-order valence-corrected chi connectivity index (χ0v) is 12.0. The predicted octanol–water partition coefficient (Wildman–Crippen LogP) is -0.326. The molecule has 2 bridgehead atoms. The summed E-state index contributed by atoms with van der Waals surface area (Å²) in [5, 5.41) is 11.4. The first-order chi connectivity index (χ1) is 10.5. The minimum atomic E-state index is -1.21. The second-order valence-corrected chi connectivity index (χ2v) is 6.14. The van der Waals surface area contributed by atoms with E-state index in [1.54, 1.807) is 23.4 Å². The van der Waals surface area contributed by atoms with E-state index < -0.39 is 29.5 Å². The van der Waals surface area contributed by atoms with E-state index in [2.05, 4.69) is 4.98 Å². The van der Waals surface area contributed by atoms with Gasteiger partial charge in [0.15, 0.2) is 0 Å². The molecule has 114 valence electrons. The lowest BCUT2D eigenvalue weighted by molar-refractivity contribution is -0.313. The molecule has 1 amide bonds. The average molecular weight is 299 g/mol. The maximum absolute atomic E-state index is 12.8. The van der Waals surface area contributed by atoms with E-state index in [1.165, 1.54) is 0 Å². The number of ether oxygens (including phenoxy) is 1. The zero-order valence-electron chi connectivity index (χ0n) is 12.0. The number of carboxylic acids is 1. The number of carbonyl (C=O) groups is 2. The highest BCUT2D eigenvalue weighted by Crippen LogP contribution is 2.52. The van der Waals surface area contributed by atoms with Crippen LogP contribution in [0, 0.1) is 11.8 Å². The summed E-state index contributed by atoms with van der Waals surface area (Å²) in [6, 6.07) is 3.55. The molecule has 0 aliphatic carbocycles. The van der Waals surface area contributed by atoms with Crippen LogP contribution in [0.4, 0.5) is 0 Å². The summed E-state index contributed by atoms with van der Waals surface area (Å²) in [6.07, 6.45) is 6.40. The van der Waals surface area contributed by atoms with E-state index in [9.17, 15) is 14.7 Å². The Kier molecular flexibility index (Phi) is 2.69. The van der Waals surface area contributed by atoms with Crippen LogP contribution in [0.5, 0.6) is 0 Å². The number of carbonyl (C=O) groups excluding carboxylic acids is 2. The van der Waals surface area contributed by atoms with Crippen molar-refractivity contribution < 1.29 is 19.4 Å². The fourth-order valence-corrected chi connectivity index (χ4v) is 3.95. The monoisotopic (exact) mass is 299 g/mol. The second kappa shape index (κ2) is 4.39. The lowest BCUT2D eigenvalue weighted by Gasteiger charge is -2.28. The summed E-state index contributed by atoms with van der Waals surface area (Å²) in [5.41, 5.74) is 0.150. The molecule has 2 saturated heterocycles. The molecule has 1 aromatic rings. The van der Waals surface area contributed by atoms with Crippen LogP contribution in [0.2, 0.25) is 0 Å². The number of hydrogen-bond donors (Lipinski definition) is 0. The van der Waals surface area contributed by atoms with Gasteiger partial charge in [-0.3, -0.25) is 9.78 Å². The van der Waals surface area contributed by atoms with Gasteiger partial charge in [0, 0.05) is 24.3 Å². The Hall–Kier alpha value is -2.21. The highest BCUT2D eigenvalue weighted by Gasteiger charge is 2.65. The summed E-state index contributed by atoms with van der Waals surface area (Å²) in [4.78, 5) is 29.9. The number of aliphatic carboxylic acids is 1. The Morgan fingerprint density at radius 3 is 2.91 bits per heavy atom. The van der Waals surface area contributed by atoms with Crippen molar-refractivity contribution in [3.05, 3.63) is 42.2 Å². The zero-order chi connectivity index (χ0) is 15.5. The summed E-state index contributed by atoms with van der Waals surface area (Å²) < 4.78 is 5.84. The summed E-state index contributed by atoms with van der Waals surface area (Å²) in [7, 11) is 0. The molecule has 22 heavy (non-hydrogen) atoms. The Morgan fingerprint density at radius 2 is 2.23 bits per heavy atom. The van der Waals surface area contributed by atoms with Gasteiger partial charge in [0.05, 0.1) is 24.6 Å². The summed E-state index contributed by atoms with van der Waals surface area (Å²) in [5.74, 6) is -2.97. The smallest absolute Gasteiger partial charge is 0.230 e. The van der Waals surface area contributed by atoms with Gasteiger partial charge in [-0.15, -0.1) is 0 Å². The number of aromatic nitrogens is 1. The molecule has 3 aliphatic rings. The van der Waals surface area contributed by atoms with Crippen molar-refractivity contribution in [1.29, 1.82) is 0 Å². The van der Waals surface area contributed by atoms with Gasteiger partial charge in [-0.25, -0.2) is 0 Å². The van der Waals surface area contributed by atoms with Gasteiger partial charge in [0.25, 0.3) is 0 Å². The van der Waals surface area contributed by atoms with Crippen LogP contribution in [0.25, 0.3) is 0 Å². The van der Waals surface area contributed by atoms with E-state index in [1.807, 2.05) is 25.1 Å². The number of hydrogen-bond acceptors (Lipinski definition) is 5. The molecular formula is C16H15N2O4-. The van der Waals surface area contributed by atoms with Crippen LogP contribution in [-0.4, -0.2) is 40.0 Å². The van der Waals surface area contributed by atoms with Crippen molar-refractivity contribution in [2.45, 2.75) is 24.7 Å². The quantitative estimate of drug-likeness (QED) is 0.714. The van der Waals surface area contributed by atoms with Crippen LogP contribution in [-0.2, 0) is 14.3 Å². The molecule has 0 N–H and O–H groups in total. The van der Waals surface area contributed by atoms with Gasteiger partial charge in [-0.2, -0.15) is 0 Å². The molecule has 2 fully saturated rings. The lowest BCUT2D eigenvalue weighted by Crippen LogP contribution is -2.45. The van der Waals surface area contributed by atoms with Crippen molar-refractivity contribution in [2.75, 3.05) is 6.54 Å². The first kappa shape index (κ1) is 13.5. The van der Waals surface area contributed by atoms with Crippen LogP contribution in [0.3, 0.4) is 0 Å². The number of pyridine rings is 1. The van der Waals surface area contributed by atoms with Gasteiger partial charge in [-0.1, -0.05) is 12.2 Å². The molecule has 4 heterocycles. The Balaban J connectivity index is 1.68. The Labute approximate surface area is 127 Å². The molecule has 3 aliphatic heterocycles. The second-order valence-electron chi connectivity index (χ2n) is 6.14. The van der Waals surface area contributed by atoms with Crippen LogP contribution >= 0.6 is 0 Å². The molecule has 1 aromatic heterocycles. The third-order valence-electron chi connectivity index (χ3n) is 5.06. The van der Waals surface area contributed by atoms with Gasteiger partial charge < -0.3 is 19.5 Å². The molecule has 6 heteroatoms. The average Bonchev–Trinajstić information content (AvgIpc) is 3.15.